The molecule has 28 heavy (non-hydrogen) atoms. The molecule has 0 bridgehead atoms. The standard InChI is InChI=1S/C22H23FN2O3/c23-21-16-27-13-12-24(21)19-8-4-5-9-20(19)25-14-18(28-22(25)15-26)11-10-17-6-2-1-3-7-17/h1-11,15,18,21-22H,12-14,16H2. The number of alkyl halides is 1. The first-order chi connectivity index (χ1) is 13.8. The SMILES string of the molecule is O=CC1OC(C=Cc2ccccc2)CN1c1ccccc1N1CCOCC1F. The van der Waals surface area contributed by atoms with Crippen LogP contribution in [0, 0.1) is 0 Å². The summed E-state index contributed by atoms with van der Waals surface area (Å²) >= 11 is 0. The first kappa shape index (κ1) is 18.7. The molecule has 2 saturated heterocycles. The molecular weight excluding hydrogens is 359 g/mol. The zero-order valence-corrected chi connectivity index (χ0v) is 15.5. The molecule has 2 heterocycles. The second-order valence-corrected chi connectivity index (χ2v) is 6.81. The Balaban J connectivity index is 1.57. The van der Waals surface area contributed by atoms with Crippen LogP contribution in [0.3, 0.4) is 0 Å². The smallest absolute Gasteiger partial charge is 0.196 e. The minimum Gasteiger partial charge on any atom is -0.375 e. The molecular formula is C22H23FN2O3. The number of benzene rings is 2. The number of para-hydroxylation sites is 2. The highest BCUT2D eigenvalue weighted by atomic mass is 19.1. The van der Waals surface area contributed by atoms with Gasteiger partial charge in [0.2, 0.25) is 0 Å². The summed E-state index contributed by atoms with van der Waals surface area (Å²) in [5.41, 5.74) is 2.61. The maximum absolute atomic E-state index is 14.4. The molecule has 0 radical (unpaired) electrons. The van der Waals surface area contributed by atoms with Crippen molar-refractivity contribution in [3.05, 3.63) is 66.2 Å². The third-order valence-electron chi connectivity index (χ3n) is 4.99. The number of carbonyl (C=O) groups is 1. The average Bonchev–Trinajstić information content (AvgIpc) is 3.17. The largest absolute Gasteiger partial charge is 0.375 e. The van der Waals surface area contributed by atoms with E-state index in [9.17, 15) is 9.18 Å². The number of anilines is 2. The zero-order chi connectivity index (χ0) is 19.3. The Hall–Kier alpha value is -2.70. The van der Waals surface area contributed by atoms with Gasteiger partial charge in [0.1, 0.15) is 0 Å². The zero-order valence-electron chi connectivity index (χ0n) is 15.5. The van der Waals surface area contributed by atoms with Crippen molar-refractivity contribution in [2.45, 2.75) is 18.6 Å². The molecule has 3 atom stereocenters. The topological polar surface area (TPSA) is 42.0 Å². The molecule has 0 saturated carbocycles. The minimum atomic E-state index is -1.21. The van der Waals surface area contributed by atoms with E-state index >= 15 is 0 Å². The number of aldehydes is 1. The summed E-state index contributed by atoms with van der Waals surface area (Å²) in [6, 6.07) is 17.5. The predicted molar refractivity (Wildman–Crippen MR) is 107 cm³/mol. The lowest BCUT2D eigenvalue weighted by Crippen LogP contribution is -2.44. The summed E-state index contributed by atoms with van der Waals surface area (Å²) in [5.74, 6) is 0. The minimum absolute atomic E-state index is 0.0460. The van der Waals surface area contributed by atoms with Gasteiger partial charge >= 0.3 is 0 Å². The van der Waals surface area contributed by atoms with E-state index in [4.69, 9.17) is 9.47 Å². The highest BCUT2D eigenvalue weighted by molar-refractivity contribution is 5.76. The van der Waals surface area contributed by atoms with E-state index in [0.717, 1.165) is 23.2 Å². The second-order valence-electron chi connectivity index (χ2n) is 6.81. The Morgan fingerprint density at radius 1 is 1.00 bits per heavy atom. The summed E-state index contributed by atoms with van der Waals surface area (Å²) in [6.45, 7) is 1.51. The van der Waals surface area contributed by atoms with Crippen molar-refractivity contribution in [3.8, 4) is 0 Å². The van der Waals surface area contributed by atoms with Gasteiger partial charge in [0, 0.05) is 6.54 Å². The number of halogens is 1. The number of nitrogens with zero attached hydrogens (tertiary/aromatic N) is 2. The number of ether oxygens (including phenoxy) is 2. The number of morpholine rings is 1. The molecule has 2 aliphatic heterocycles. The van der Waals surface area contributed by atoms with E-state index in [-0.39, 0.29) is 12.7 Å². The van der Waals surface area contributed by atoms with Gasteiger partial charge in [0.15, 0.2) is 18.8 Å². The van der Waals surface area contributed by atoms with Gasteiger partial charge in [-0.3, -0.25) is 4.79 Å². The Bertz CT molecular complexity index is 830. The van der Waals surface area contributed by atoms with Crippen LogP contribution in [0.15, 0.2) is 60.7 Å². The maximum atomic E-state index is 14.4. The van der Waals surface area contributed by atoms with Crippen LogP contribution in [0.5, 0.6) is 0 Å². The van der Waals surface area contributed by atoms with E-state index in [1.165, 1.54) is 0 Å². The fourth-order valence-electron chi connectivity index (χ4n) is 3.62. The predicted octanol–water partition coefficient (Wildman–Crippen LogP) is 3.26. The van der Waals surface area contributed by atoms with Crippen LogP contribution >= 0.6 is 0 Å². The van der Waals surface area contributed by atoms with E-state index < -0.39 is 12.5 Å². The van der Waals surface area contributed by atoms with Crippen molar-refractivity contribution < 1.29 is 18.7 Å². The molecule has 0 amide bonds. The summed E-state index contributed by atoms with van der Waals surface area (Å²) in [6.07, 6.45) is 2.60. The molecule has 2 aromatic carbocycles. The normalized spacial score (nSPS) is 25.4. The van der Waals surface area contributed by atoms with Gasteiger partial charge in [0.25, 0.3) is 0 Å². The lowest BCUT2D eigenvalue weighted by molar-refractivity contribution is -0.116. The van der Waals surface area contributed by atoms with Crippen molar-refractivity contribution in [3.63, 3.8) is 0 Å². The molecule has 2 fully saturated rings. The molecule has 2 aliphatic rings. The Kier molecular flexibility index (Phi) is 5.69. The quantitative estimate of drug-likeness (QED) is 0.587. The van der Waals surface area contributed by atoms with Crippen LogP contribution < -0.4 is 9.80 Å². The van der Waals surface area contributed by atoms with Gasteiger partial charge in [-0.25, -0.2) is 4.39 Å². The van der Waals surface area contributed by atoms with Crippen molar-refractivity contribution in [2.24, 2.45) is 0 Å². The molecule has 3 unspecified atom stereocenters. The second kappa shape index (κ2) is 8.54. The fraction of sp³-hybridized carbons (Fsp3) is 0.318. The van der Waals surface area contributed by atoms with Crippen molar-refractivity contribution in [1.29, 1.82) is 0 Å². The molecule has 0 spiro atoms. The van der Waals surface area contributed by atoms with Crippen LogP contribution in [0.1, 0.15) is 5.56 Å². The lowest BCUT2D eigenvalue weighted by atomic mass is 10.1. The Labute approximate surface area is 164 Å². The summed E-state index contributed by atoms with van der Waals surface area (Å²) in [4.78, 5) is 15.2. The highest BCUT2D eigenvalue weighted by Crippen LogP contribution is 2.35. The van der Waals surface area contributed by atoms with Gasteiger partial charge in [-0.2, -0.15) is 0 Å². The van der Waals surface area contributed by atoms with Crippen molar-refractivity contribution >= 4 is 23.7 Å². The fourth-order valence-corrected chi connectivity index (χ4v) is 3.62. The van der Waals surface area contributed by atoms with Crippen molar-refractivity contribution in [1.82, 2.24) is 0 Å². The van der Waals surface area contributed by atoms with Crippen molar-refractivity contribution in [2.75, 3.05) is 36.1 Å². The Morgan fingerprint density at radius 2 is 1.71 bits per heavy atom. The molecule has 146 valence electrons. The Morgan fingerprint density at radius 3 is 2.43 bits per heavy atom. The van der Waals surface area contributed by atoms with Crippen LogP contribution in [-0.2, 0) is 14.3 Å². The lowest BCUT2D eigenvalue weighted by Gasteiger charge is -2.35. The van der Waals surface area contributed by atoms with E-state index in [0.29, 0.717) is 19.7 Å². The summed E-state index contributed by atoms with van der Waals surface area (Å²) in [7, 11) is 0. The third kappa shape index (κ3) is 3.93. The molecule has 0 aliphatic carbocycles. The number of hydrogen-bond acceptors (Lipinski definition) is 5. The van der Waals surface area contributed by atoms with E-state index in [1.807, 2.05) is 71.6 Å². The first-order valence-corrected chi connectivity index (χ1v) is 9.44. The van der Waals surface area contributed by atoms with Gasteiger partial charge < -0.3 is 19.3 Å². The van der Waals surface area contributed by atoms with Crippen LogP contribution in [0.25, 0.3) is 6.08 Å². The van der Waals surface area contributed by atoms with Gasteiger partial charge in [0.05, 0.1) is 37.2 Å². The van der Waals surface area contributed by atoms with E-state index in [2.05, 4.69) is 0 Å². The summed E-state index contributed by atoms with van der Waals surface area (Å²) < 4.78 is 25.5. The van der Waals surface area contributed by atoms with E-state index in [1.54, 1.807) is 4.90 Å². The average molecular weight is 382 g/mol. The van der Waals surface area contributed by atoms with Crippen LogP contribution in [-0.4, -0.2) is 51.2 Å². The number of rotatable bonds is 5. The number of carbonyl (C=O) groups excluding carboxylic acids is 1. The molecule has 2 aromatic rings. The third-order valence-corrected chi connectivity index (χ3v) is 4.99. The first-order valence-electron chi connectivity index (χ1n) is 9.44. The highest BCUT2D eigenvalue weighted by Gasteiger charge is 2.34. The van der Waals surface area contributed by atoms with Gasteiger partial charge in [-0.15, -0.1) is 0 Å². The molecule has 0 aromatic heterocycles. The maximum Gasteiger partial charge on any atom is 0.196 e. The van der Waals surface area contributed by atoms with Gasteiger partial charge in [-0.1, -0.05) is 54.6 Å². The monoisotopic (exact) mass is 382 g/mol. The molecule has 6 heteroatoms. The molecule has 5 nitrogen and oxygen atoms in total. The summed E-state index contributed by atoms with van der Waals surface area (Å²) in [5, 5.41) is 0. The van der Waals surface area contributed by atoms with Gasteiger partial charge in [-0.05, 0) is 17.7 Å². The molecule has 4 rings (SSSR count). The molecule has 0 N–H and O–H groups in total. The van der Waals surface area contributed by atoms with Crippen LogP contribution in [0.4, 0.5) is 15.8 Å². The van der Waals surface area contributed by atoms with Crippen LogP contribution in [0.2, 0.25) is 0 Å². The number of hydrogen-bond donors (Lipinski definition) is 0.